The molecule has 0 aliphatic carbocycles. The van der Waals surface area contributed by atoms with E-state index in [1.165, 1.54) is 37.6 Å². The molecule has 32 heavy (non-hydrogen) atoms. The summed E-state index contributed by atoms with van der Waals surface area (Å²) in [5.41, 5.74) is 1.75. The lowest BCUT2D eigenvalue weighted by Crippen LogP contribution is -2.29. The summed E-state index contributed by atoms with van der Waals surface area (Å²) in [5, 5.41) is 0.383. The second-order valence-corrected chi connectivity index (χ2v) is 9.23. The van der Waals surface area contributed by atoms with E-state index < -0.39 is 21.8 Å². The molecule has 1 aliphatic heterocycles. The summed E-state index contributed by atoms with van der Waals surface area (Å²) in [4.78, 5) is 30.1. The third kappa shape index (κ3) is 3.92. The molecule has 0 atom stereocenters. The highest BCUT2D eigenvalue weighted by Gasteiger charge is 2.36. The van der Waals surface area contributed by atoms with Gasteiger partial charge in [-0.05, 0) is 54.4 Å². The van der Waals surface area contributed by atoms with Crippen LogP contribution in [0.5, 0.6) is 5.75 Å². The number of ether oxygens (including phenoxy) is 1. The SMILES string of the molecule is COc1ccc(CN2C(=O)c3cccnc3C2=O)cc1S(=O)(=O)Nc1cc(Cl)ccc1C. The second kappa shape index (κ2) is 8.25. The summed E-state index contributed by atoms with van der Waals surface area (Å²) in [7, 11) is -2.71. The van der Waals surface area contributed by atoms with Gasteiger partial charge in [0.25, 0.3) is 21.8 Å². The Morgan fingerprint density at radius 1 is 1.09 bits per heavy atom. The number of aromatic nitrogens is 1. The van der Waals surface area contributed by atoms with E-state index in [4.69, 9.17) is 16.3 Å². The average Bonchev–Trinajstić information content (AvgIpc) is 3.01. The number of pyridine rings is 1. The van der Waals surface area contributed by atoms with E-state index in [0.717, 1.165) is 4.90 Å². The summed E-state index contributed by atoms with van der Waals surface area (Å²) >= 11 is 6.00. The minimum atomic E-state index is -4.07. The molecule has 4 rings (SSSR count). The quantitative estimate of drug-likeness (QED) is 0.550. The Hall–Kier alpha value is -3.43. The Bertz CT molecular complexity index is 1320. The molecule has 10 heteroatoms. The molecule has 0 bridgehead atoms. The molecule has 1 aliphatic rings. The third-order valence-corrected chi connectivity index (χ3v) is 6.65. The van der Waals surface area contributed by atoms with Crippen LogP contribution in [0.1, 0.15) is 32.0 Å². The van der Waals surface area contributed by atoms with Crippen molar-refractivity contribution in [3.8, 4) is 5.75 Å². The highest BCUT2D eigenvalue weighted by molar-refractivity contribution is 7.92. The van der Waals surface area contributed by atoms with Crippen LogP contribution in [0.2, 0.25) is 5.02 Å². The summed E-state index contributed by atoms with van der Waals surface area (Å²) in [6.45, 7) is 1.63. The predicted molar refractivity (Wildman–Crippen MR) is 118 cm³/mol. The third-order valence-electron chi connectivity index (χ3n) is 5.03. The lowest BCUT2D eigenvalue weighted by atomic mass is 10.2. The van der Waals surface area contributed by atoms with E-state index in [0.29, 0.717) is 21.8 Å². The summed E-state index contributed by atoms with van der Waals surface area (Å²) in [6, 6.07) is 12.4. The van der Waals surface area contributed by atoms with Gasteiger partial charge in [0.2, 0.25) is 0 Å². The van der Waals surface area contributed by atoms with Crippen LogP contribution in [0.4, 0.5) is 5.69 Å². The number of fused-ring (bicyclic) bond motifs is 1. The smallest absolute Gasteiger partial charge is 0.280 e. The topological polar surface area (TPSA) is 106 Å². The summed E-state index contributed by atoms with van der Waals surface area (Å²) in [5.74, 6) is -0.894. The number of rotatable bonds is 6. The molecule has 1 aromatic heterocycles. The number of anilines is 1. The normalized spacial score (nSPS) is 13.3. The first-order valence-corrected chi connectivity index (χ1v) is 11.3. The number of methoxy groups -OCH3 is 1. The molecule has 0 saturated carbocycles. The van der Waals surface area contributed by atoms with Gasteiger partial charge in [0.05, 0.1) is 24.9 Å². The number of imide groups is 1. The maximum Gasteiger partial charge on any atom is 0.280 e. The monoisotopic (exact) mass is 471 g/mol. The maximum absolute atomic E-state index is 13.1. The van der Waals surface area contributed by atoms with Crippen molar-refractivity contribution in [2.24, 2.45) is 0 Å². The zero-order valence-corrected chi connectivity index (χ0v) is 18.7. The number of nitrogens with zero attached hydrogens (tertiary/aromatic N) is 2. The van der Waals surface area contributed by atoms with Gasteiger partial charge in [0, 0.05) is 11.2 Å². The van der Waals surface area contributed by atoms with Crippen molar-refractivity contribution in [2.75, 3.05) is 11.8 Å². The van der Waals surface area contributed by atoms with E-state index in [1.807, 2.05) is 0 Å². The Morgan fingerprint density at radius 2 is 1.88 bits per heavy atom. The molecule has 0 spiro atoms. The first-order chi connectivity index (χ1) is 15.2. The lowest BCUT2D eigenvalue weighted by molar-refractivity contribution is 0.0640. The molecule has 2 aromatic carbocycles. The largest absolute Gasteiger partial charge is 0.495 e. The summed E-state index contributed by atoms with van der Waals surface area (Å²) in [6.07, 6.45) is 1.44. The Labute approximate surface area is 189 Å². The molecule has 8 nitrogen and oxygen atoms in total. The number of halogens is 1. The van der Waals surface area contributed by atoms with E-state index in [9.17, 15) is 18.0 Å². The molecular formula is C22H18ClN3O5S. The first kappa shape index (κ1) is 21.8. The van der Waals surface area contributed by atoms with Crippen LogP contribution in [0, 0.1) is 6.92 Å². The maximum atomic E-state index is 13.1. The lowest BCUT2D eigenvalue weighted by Gasteiger charge is -2.17. The van der Waals surface area contributed by atoms with Crippen molar-refractivity contribution >= 4 is 39.1 Å². The molecule has 3 aromatic rings. The molecule has 2 amide bonds. The van der Waals surface area contributed by atoms with Gasteiger partial charge in [-0.3, -0.25) is 24.2 Å². The van der Waals surface area contributed by atoms with Crippen LogP contribution in [0.25, 0.3) is 0 Å². The molecule has 0 unspecified atom stereocenters. The van der Waals surface area contributed by atoms with Crippen molar-refractivity contribution < 1.29 is 22.7 Å². The molecule has 0 radical (unpaired) electrons. The zero-order valence-electron chi connectivity index (χ0n) is 17.1. The number of amides is 2. The molecule has 0 saturated heterocycles. The number of carbonyl (C=O) groups is 2. The Morgan fingerprint density at radius 3 is 2.59 bits per heavy atom. The fraction of sp³-hybridized carbons (Fsp3) is 0.136. The van der Waals surface area contributed by atoms with Gasteiger partial charge in [-0.25, -0.2) is 8.42 Å². The van der Waals surface area contributed by atoms with Crippen molar-refractivity contribution in [1.29, 1.82) is 0 Å². The average molecular weight is 472 g/mol. The number of carbonyl (C=O) groups excluding carboxylic acids is 2. The van der Waals surface area contributed by atoms with Gasteiger partial charge in [-0.1, -0.05) is 23.7 Å². The molecule has 164 valence electrons. The van der Waals surface area contributed by atoms with Gasteiger partial charge >= 0.3 is 0 Å². The van der Waals surface area contributed by atoms with Crippen molar-refractivity contribution in [2.45, 2.75) is 18.4 Å². The van der Waals surface area contributed by atoms with E-state index in [-0.39, 0.29) is 28.4 Å². The van der Waals surface area contributed by atoms with Gasteiger partial charge < -0.3 is 4.74 Å². The Kier molecular flexibility index (Phi) is 5.62. The molecular weight excluding hydrogens is 454 g/mol. The van der Waals surface area contributed by atoms with Crippen molar-refractivity contribution in [3.05, 3.63) is 82.1 Å². The number of aryl methyl sites for hydroxylation is 1. The first-order valence-electron chi connectivity index (χ1n) is 9.48. The fourth-order valence-corrected chi connectivity index (χ4v) is 4.89. The van der Waals surface area contributed by atoms with Gasteiger partial charge in [-0.2, -0.15) is 0 Å². The van der Waals surface area contributed by atoms with Crippen LogP contribution in [-0.2, 0) is 16.6 Å². The van der Waals surface area contributed by atoms with Crippen LogP contribution < -0.4 is 9.46 Å². The van der Waals surface area contributed by atoms with Gasteiger partial charge in [-0.15, -0.1) is 0 Å². The number of benzene rings is 2. The zero-order chi connectivity index (χ0) is 23.0. The van der Waals surface area contributed by atoms with Crippen LogP contribution in [0.15, 0.2) is 59.6 Å². The highest BCUT2D eigenvalue weighted by Crippen LogP contribution is 2.30. The number of sulfonamides is 1. The van der Waals surface area contributed by atoms with E-state index in [2.05, 4.69) is 9.71 Å². The van der Waals surface area contributed by atoms with Crippen molar-refractivity contribution in [1.82, 2.24) is 9.88 Å². The van der Waals surface area contributed by atoms with E-state index in [1.54, 1.807) is 31.2 Å². The summed E-state index contributed by atoms with van der Waals surface area (Å²) < 4.78 is 34.1. The molecule has 0 fully saturated rings. The molecule has 1 N–H and O–H groups in total. The minimum Gasteiger partial charge on any atom is -0.495 e. The van der Waals surface area contributed by atoms with Crippen molar-refractivity contribution in [3.63, 3.8) is 0 Å². The van der Waals surface area contributed by atoms with Crippen LogP contribution in [0.3, 0.4) is 0 Å². The number of hydrogen-bond acceptors (Lipinski definition) is 6. The van der Waals surface area contributed by atoms with Gasteiger partial charge in [0.1, 0.15) is 16.3 Å². The van der Waals surface area contributed by atoms with E-state index >= 15 is 0 Å². The van der Waals surface area contributed by atoms with Crippen LogP contribution >= 0.6 is 11.6 Å². The molecule has 2 heterocycles. The van der Waals surface area contributed by atoms with Crippen LogP contribution in [-0.4, -0.2) is 37.2 Å². The second-order valence-electron chi connectivity index (χ2n) is 7.15. The fourth-order valence-electron chi connectivity index (χ4n) is 3.37. The highest BCUT2D eigenvalue weighted by atomic mass is 35.5. The number of hydrogen-bond donors (Lipinski definition) is 1. The standard InChI is InChI=1S/C22H18ClN3O5S/c1-13-5-7-15(23)11-17(13)25-32(29,30)19-10-14(6-8-18(19)31-2)12-26-21(27)16-4-3-9-24-20(16)22(26)28/h3-11,25H,12H2,1-2H3. The number of nitrogens with one attached hydrogen (secondary N) is 1. The van der Waals surface area contributed by atoms with Gasteiger partial charge in [0.15, 0.2) is 0 Å². The Balaban J connectivity index is 1.67. The predicted octanol–water partition coefficient (Wildman–Crippen LogP) is 3.65. The minimum absolute atomic E-state index is 0.0805.